The number of nitrogens with one attached hydrogen (secondary N) is 1. The number of esters is 1. The number of piperidine rings is 1. The van der Waals surface area contributed by atoms with E-state index in [2.05, 4.69) is 18.8 Å². The number of nitrogens with zero attached hydrogens (tertiary/aromatic N) is 1. The molecule has 6 heteroatoms. The topological polar surface area (TPSA) is 62.4 Å². The van der Waals surface area contributed by atoms with Crippen LogP contribution in [0.25, 0.3) is 0 Å². The van der Waals surface area contributed by atoms with Crippen molar-refractivity contribution < 1.29 is 14.3 Å². The third-order valence-electron chi connectivity index (χ3n) is 4.13. The molecule has 1 aromatic rings. The van der Waals surface area contributed by atoms with E-state index >= 15 is 0 Å². The van der Waals surface area contributed by atoms with Gasteiger partial charge in [-0.2, -0.15) is 0 Å². The van der Waals surface area contributed by atoms with Gasteiger partial charge in [0.2, 0.25) is 0 Å². The van der Waals surface area contributed by atoms with E-state index in [1.54, 1.807) is 0 Å². The monoisotopic (exact) mass is 340 g/mol. The molecule has 1 aliphatic heterocycles. The SMILES string of the molecule is CC(C)[C@H](OC(=O)c1cc(Cl)c[nH]1)C(=O)N1C[C@H](C)C[C@@H](C)C1. The van der Waals surface area contributed by atoms with E-state index in [4.69, 9.17) is 16.3 Å². The molecule has 0 saturated carbocycles. The Morgan fingerprint density at radius 2 is 1.91 bits per heavy atom. The van der Waals surface area contributed by atoms with Crippen molar-refractivity contribution in [2.75, 3.05) is 13.1 Å². The van der Waals surface area contributed by atoms with Crippen LogP contribution in [-0.4, -0.2) is 41.0 Å². The van der Waals surface area contributed by atoms with Crippen LogP contribution in [0.5, 0.6) is 0 Å². The highest BCUT2D eigenvalue weighted by molar-refractivity contribution is 6.30. The molecule has 2 rings (SSSR count). The number of aromatic amines is 1. The van der Waals surface area contributed by atoms with Gasteiger partial charge in [-0.15, -0.1) is 0 Å². The molecule has 0 aromatic carbocycles. The summed E-state index contributed by atoms with van der Waals surface area (Å²) in [6, 6.07) is 1.50. The molecule has 0 unspecified atom stereocenters. The summed E-state index contributed by atoms with van der Waals surface area (Å²) < 4.78 is 5.48. The number of carbonyl (C=O) groups excluding carboxylic acids is 2. The first-order chi connectivity index (χ1) is 10.8. The average molecular weight is 341 g/mol. The van der Waals surface area contributed by atoms with Crippen molar-refractivity contribution in [3.05, 3.63) is 23.0 Å². The van der Waals surface area contributed by atoms with Crippen LogP contribution < -0.4 is 0 Å². The number of hydrogen-bond acceptors (Lipinski definition) is 3. The summed E-state index contributed by atoms with van der Waals surface area (Å²) in [5, 5.41) is 0.433. The van der Waals surface area contributed by atoms with E-state index < -0.39 is 12.1 Å². The highest BCUT2D eigenvalue weighted by atomic mass is 35.5. The maximum Gasteiger partial charge on any atom is 0.355 e. The molecule has 128 valence electrons. The Morgan fingerprint density at radius 3 is 2.39 bits per heavy atom. The summed E-state index contributed by atoms with van der Waals surface area (Å²) in [5.74, 6) is 0.178. The van der Waals surface area contributed by atoms with E-state index in [0.29, 0.717) is 16.9 Å². The second-order valence-corrected chi connectivity index (χ2v) is 7.43. The average Bonchev–Trinajstić information content (AvgIpc) is 2.89. The number of aromatic nitrogens is 1. The first-order valence-electron chi connectivity index (χ1n) is 8.11. The van der Waals surface area contributed by atoms with Crippen LogP contribution in [-0.2, 0) is 9.53 Å². The van der Waals surface area contributed by atoms with Gasteiger partial charge in [0, 0.05) is 19.3 Å². The summed E-state index contributed by atoms with van der Waals surface area (Å²) in [4.78, 5) is 29.6. The van der Waals surface area contributed by atoms with Crippen molar-refractivity contribution in [3.8, 4) is 0 Å². The fourth-order valence-electron chi connectivity index (χ4n) is 3.16. The van der Waals surface area contributed by atoms with Gasteiger partial charge < -0.3 is 14.6 Å². The lowest BCUT2D eigenvalue weighted by Crippen LogP contribution is -2.49. The van der Waals surface area contributed by atoms with Gasteiger partial charge in [0.1, 0.15) is 5.69 Å². The zero-order valence-corrected chi connectivity index (χ0v) is 14.9. The zero-order chi connectivity index (χ0) is 17.1. The molecule has 0 spiro atoms. The number of rotatable bonds is 4. The van der Waals surface area contributed by atoms with Gasteiger partial charge in [0.15, 0.2) is 6.10 Å². The number of hydrogen-bond donors (Lipinski definition) is 1. The molecular formula is C17H25ClN2O3. The lowest BCUT2D eigenvalue weighted by Gasteiger charge is -2.37. The number of H-pyrrole nitrogens is 1. The number of halogens is 1. The van der Waals surface area contributed by atoms with Gasteiger partial charge in [-0.25, -0.2) is 4.79 Å². The van der Waals surface area contributed by atoms with Gasteiger partial charge in [-0.1, -0.05) is 39.3 Å². The highest BCUT2D eigenvalue weighted by Gasteiger charge is 2.34. The van der Waals surface area contributed by atoms with Gasteiger partial charge in [-0.3, -0.25) is 4.79 Å². The number of likely N-dealkylation sites (tertiary alicyclic amines) is 1. The fraction of sp³-hybridized carbons (Fsp3) is 0.647. The van der Waals surface area contributed by atoms with Crippen LogP contribution >= 0.6 is 11.6 Å². The van der Waals surface area contributed by atoms with Crippen LogP contribution in [0, 0.1) is 17.8 Å². The Balaban J connectivity index is 2.08. The van der Waals surface area contributed by atoms with Crippen LogP contribution in [0.4, 0.5) is 0 Å². The predicted octanol–water partition coefficient (Wildman–Crippen LogP) is 3.35. The minimum absolute atomic E-state index is 0.0931. The van der Waals surface area contributed by atoms with Crippen LogP contribution in [0.3, 0.4) is 0 Å². The summed E-state index contributed by atoms with van der Waals surface area (Å²) in [5.41, 5.74) is 0.258. The van der Waals surface area contributed by atoms with Crippen molar-refractivity contribution in [1.82, 2.24) is 9.88 Å². The Kier molecular flexibility index (Phi) is 5.74. The molecule has 0 bridgehead atoms. The van der Waals surface area contributed by atoms with Crippen molar-refractivity contribution in [2.24, 2.45) is 17.8 Å². The third kappa shape index (κ3) is 4.50. The highest BCUT2D eigenvalue weighted by Crippen LogP contribution is 2.23. The molecule has 1 fully saturated rings. The van der Waals surface area contributed by atoms with E-state index in [1.807, 2.05) is 18.7 Å². The summed E-state index contributed by atoms with van der Waals surface area (Å²) in [6.45, 7) is 9.50. The summed E-state index contributed by atoms with van der Waals surface area (Å²) in [7, 11) is 0. The molecule has 1 aromatic heterocycles. The smallest absolute Gasteiger partial charge is 0.355 e. The molecule has 0 radical (unpaired) electrons. The Morgan fingerprint density at radius 1 is 1.30 bits per heavy atom. The largest absolute Gasteiger partial charge is 0.447 e. The maximum atomic E-state index is 12.8. The van der Waals surface area contributed by atoms with Crippen molar-refractivity contribution >= 4 is 23.5 Å². The lowest BCUT2D eigenvalue weighted by atomic mass is 9.91. The Labute approximate surface area is 142 Å². The second kappa shape index (κ2) is 7.39. The Bertz CT molecular complexity index is 560. The fourth-order valence-corrected chi connectivity index (χ4v) is 3.32. The first-order valence-corrected chi connectivity index (χ1v) is 8.49. The number of carbonyl (C=O) groups is 2. The lowest BCUT2D eigenvalue weighted by molar-refractivity contribution is -0.145. The third-order valence-corrected chi connectivity index (χ3v) is 4.35. The first kappa shape index (κ1) is 17.9. The van der Waals surface area contributed by atoms with Gasteiger partial charge in [0.05, 0.1) is 5.02 Å². The Hall–Kier alpha value is -1.49. The van der Waals surface area contributed by atoms with Gasteiger partial charge >= 0.3 is 5.97 Å². The maximum absolute atomic E-state index is 12.8. The van der Waals surface area contributed by atoms with Crippen LogP contribution in [0.15, 0.2) is 12.3 Å². The van der Waals surface area contributed by atoms with E-state index in [9.17, 15) is 9.59 Å². The van der Waals surface area contributed by atoms with Crippen molar-refractivity contribution in [1.29, 1.82) is 0 Å². The van der Waals surface area contributed by atoms with Crippen molar-refractivity contribution in [3.63, 3.8) is 0 Å². The molecule has 23 heavy (non-hydrogen) atoms. The van der Waals surface area contributed by atoms with Gasteiger partial charge in [-0.05, 0) is 30.2 Å². The molecule has 1 aliphatic rings. The minimum Gasteiger partial charge on any atom is -0.447 e. The zero-order valence-electron chi connectivity index (χ0n) is 14.1. The molecular weight excluding hydrogens is 316 g/mol. The summed E-state index contributed by atoms with van der Waals surface area (Å²) in [6.07, 6.45) is 1.86. The summed E-state index contributed by atoms with van der Waals surface area (Å²) >= 11 is 5.81. The van der Waals surface area contributed by atoms with Crippen LogP contribution in [0.2, 0.25) is 5.02 Å². The second-order valence-electron chi connectivity index (χ2n) is 6.99. The van der Waals surface area contributed by atoms with Gasteiger partial charge in [0.25, 0.3) is 5.91 Å². The molecule has 1 N–H and O–H groups in total. The predicted molar refractivity (Wildman–Crippen MR) is 89.4 cm³/mol. The van der Waals surface area contributed by atoms with Crippen molar-refractivity contribution in [2.45, 2.75) is 40.2 Å². The van der Waals surface area contributed by atoms with Crippen LogP contribution in [0.1, 0.15) is 44.6 Å². The molecule has 0 aliphatic carbocycles. The molecule has 1 saturated heterocycles. The number of ether oxygens (including phenoxy) is 1. The molecule has 2 heterocycles. The normalized spacial score (nSPS) is 23.0. The quantitative estimate of drug-likeness (QED) is 0.855. The molecule has 3 atom stereocenters. The van der Waals surface area contributed by atoms with E-state index in [1.165, 1.54) is 12.3 Å². The number of amides is 1. The standard InChI is InChI=1S/C17H25ClN2O3/c1-10(2)15(23-17(22)14-6-13(18)7-19-14)16(21)20-8-11(3)5-12(4)9-20/h6-7,10-12,15,19H,5,8-9H2,1-4H3/t11-,12-,15+/m1/s1. The molecule has 1 amide bonds. The minimum atomic E-state index is -0.776. The molecule has 5 nitrogen and oxygen atoms in total. The van der Waals surface area contributed by atoms with E-state index in [0.717, 1.165) is 19.5 Å². The van der Waals surface area contributed by atoms with E-state index in [-0.39, 0.29) is 17.5 Å².